The maximum Gasteiger partial charge on any atom is 0.335 e. The van der Waals surface area contributed by atoms with Crippen LogP contribution < -0.4 is 5.32 Å². The Labute approximate surface area is 133 Å². The van der Waals surface area contributed by atoms with Gasteiger partial charge in [-0.3, -0.25) is 0 Å². The van der Waals surface area contributed by atoms with Gasteiger partial charge in [-0.25, -0.2) is 9.18 Å². The van der Waals surface area contributed by atoms with Gasteiger partial charge >= 0.3 is 5.97 Å². The fourth-order valence-electron chi connectivity index (χ4n) is 3.76. The summed E-state index contributed by atoms with van der Waals surface area (Å²) in [7, 11) is 0. The summed E-state index contributed by atoms with van der Waals surface area (Å²) in [4.78, 5) is 11.2. The lowest BCUT2D eigenvalue weighted by atomic mass is 9.76. The van der Waals surface area contributed by atoms with Crippen molar-refractivity contribution in [3.63, 3.8) is 0 Å². The summed E-state index contributed by atoms with van der Waals surface area (Å²) in [5.74, 6) is -0.817. The van der Waals surface area contributed by atoms with Gasteiger partial charge in [0.15, 0.2) is 0 Å². The molecule has 0 radical (unpaired) electrons. The highest BCUT2D eigenvalue weighted by Gasteiger charge is 2.39. The van der Waals surface area contributed by atoms with E-state index >= 15 is 0 Å². The van der Waals surface area contributed by atoms with Crippen molar-refractivity contribution in [3.05, 3.63) is 77.1 Å². The molecule has 0 aromatic heterocycles. The summed E-state index contributed by atoms with van der Waals surface area (Å²) in [6.45, 7) is 0. The first-order valence-electron chi connectivity index (χ1n) is 7.70. The molecule has 1 aliphatic carbocycles. The molecule has 1 aliphatic heterocycles. The molecular formula is C19H16FNO2. The molecule has 2 aliphatic rings. The Bertz CT molecular complexity index is 815. The van der Waals surface area contributed by atoms with E-state index in [4.69, 9.17) is 0 Å². The van der Waals surface area contributed by atoms with Gasteiger partial charge in [0.1, 0.15) is 5.82 Å². The second kappa shape index (κ2) is 5.23. The zero-order chi connectivity index (χ0) is 16.0. The summed E-state index contributed by atoms with van der Waals surface area (Å²) in [5, 5.41) is 12.6. The molecule has 23 heavy (non-hydrogen) atoms. The molecule has 0 amide bonds. The molecular weight excluding hydrogens is 293 g/mol. The van der Waals surface area contributed by atoms with Crippen molar-refractivity contribution in [2.45, 2.75) is 18.4 Å². The number of carboxylic acids is 1. The average Bonchev–Trinajstić information content (AvgIpc) is 3.04. The molecule has 2 aromatic rings. The molecule has 2 aromatic carbocycles. The Balaban J connectivity index is 1.81. The fourth-order valence-corrected chi connectivity index (χ4v) is 3.76. The van der Waals surface area contributed by atoms with E-state index < -0.39 is 5.97 Å². The van der Waals surface area contributed by atoms with Crippen LogP contribution in [0.15, 0.2) is 54.6 Å². The van der Waals surface area contributed by atoms with Crippen LogP contribution in [0.25, 0.3) is 0 Å². The van der Waals surface area contributed by atoms with Crippen LogP contribution in [0.1, 0.15) is 39.9 Å². The first kappa shape index (κ1) is 14.0. The second-order valence-corrected chi connectivity index (χ2v) is 6.10. The van der Waals surface area contributed by atoms with E-state index in [1.165, 1.54) is 6.07 Å². The van der Waals surface area contributed by atoms with Crippen molar-refractivity contribution in [2.75, 3.05) is 5.32 Å². The third-order valence-corrected chi connectivity index (χ3v) is 4.85. The van der Waals surface area contributed by atoms with Gasteiger partial charge in [0.2, 0.25) is 0 Å². The molecule has 3 nitrogen and oxygen atoms in total. The van der Waals surface area contributed by atoms with Gasteiger partial charge in [0.25, 0.3) is 0 Å². The van der Waals surface area contributed by atoms with E-state index in [2.05, 4.69) is 17.5 Å². The lowest BCUT2D eigenvalue weighted by Gasteiger charge is -2.37. The highest BCUT2D eigenvalue weighted by molar-refractivity contribution is 5.89. The number of rotatable bonds is 2. The normalized spacial score (nSPS) is 24.7. The Morgan fingerprint density at radius 2 is 2.00 bits per heavy atom. The van der Waals surface area contributed by atoms with Gasteiger partial charge in [-0.15, -0.1) is 0 Å². The lowest BCUT2D eigenvalue weighted by Crippen LogP contribution is -2.29. The van der Waals surface area contributed by atoms with Crippen LogP contribution in [0, 0.1) is 11.7 Å². The van der Waals surface area contributed by atoms with Crippen LogP contribution >= 0.6 is 0 Å². The van der Waals surface area contributed by atoms with Crippen LogP contribution in [0.2, 0.25) is 0 Å². The van der Waals surface area contributed by atoms with E-state index in [0.717, 1.165) is 17.7 Å². The minimum Gasteiger partial charge on any atom is -0.478 e. The third kappa shape index (κ3) is 2.22. The van der Waals surface area contributed by atoms with E-state index in [-0.39, 0.29) is 29.3 Å². The van der Waals surface area contributed by atoms with Crippen LogP contribution in [-0.4, -0.2) is 11.1 Å². The van der Waals surface area contributed by atoms with Crippen LogP contribution in [0.5, 0.6) is 0 Å². The number of allylic oxidation sites excluding steroid dienone is 2. The topological polar surface area (TPSA) is 49.3 Å². The quantitative estimate of drug-likeness (QED) is 0.811. The molecule has 4 heteroatoms. The van der Waals surface area contributed by atoms with E-state index in [0.29, 0.717) is 5.56 Å². The zero-order valence-corrected chi connectivity index (χ0v) is 12.4. The smallest absolute Gasteiger partial charge is 0.335 e. The first-order valence-corrected chi connectivity index (χ1v) is 7.70. The molecule has 0 fully saturated rings. The maximum atomic E-state index is 14.2. The molecule has 0 saturated carbocycles. The van der Waals surface area contributed by atoms with Gasteiger partial charge < -0.3 is 10.4 Å². The minimum atomic E-state index is -0.928. The second-order valence-electron chi connectivity index (χ2n) is 6.10. The van der Waals surface area contributed by atoms with Gasteiger partial charge in [-0.2, -0.15) is 0 Å². The number of hydrogen-bond donors (Lipinski definition) is 2. The standard InChI is InChI=1S/C19H16FNO2/c20-16-7-2-1-4-14(16)18-13-6-3-5-12(13)15-10-11(19(22)23)8-9-17(15)21-18/h1-5,7-10,12-13,18,21H,6H2,(H,22,23). The van der Waals surface area contributed by atoms with E-state index in [1.54, 1.807) is 24.3 Å². The summed E-state index contributed by atoms with van der Waals surface area (Å²) >= 11 is 0. The molecule has 0 spiro atoms. The number of anilines is 1. The number of carboxylic acid groups (broad SMARTS) is 1. The summed E-state index contributed by atoms with van der Waals surface area (Å²) in [5.41, 5.74) is 2.82. The van der Waals surface area contributed by atoms with Crippen LogP contribution in [0.4, 0.5) is 10.1 Å². The predicted molar refractivity (Wildman–Crippen MR) is 86.2 cm³/mol. The molecule has 0 saturated heterocycles. The van der Waals surface area contributed by atoms with Crippen molar-refractivity contribution < 1.29 is 14.3 Å². The highest BCUT2D eigenvalue weighted by Crippen LogP contribution is 2.50. The Morgan fingerprint density at radius 1 is 1.17 bits per heavy atom. The highest BCUT2D eigenvalue weighted by atomic mass is 19.1. The predicted octanol–water partition coefficient (Wildman–Crippen LogP) is 4.35. The molecule has 0 bridgehead atoms. The molecule has 1 heterocycles. The van der Waals surface area contributed by atoms with Gasteiger partial charge in [-0.05, 0) is 42.2 Å². The molecule has 4 rings (SSSR count). The maximum absolute atomic E-state index is 14.2. The fraction of sp³-hybridized carbons (Fsp3) is 0.211. The molecule has 3 atom stereocenters. The number of benzene rings is 2. The van der Waals surface area contributed by atoms with Crippen LogP contribution in [-0.2, 0) is 0 Å². The minimum absolute atomic E-state index is 0.112. The van der Waals surface area contributed by atoms with E-state index in [1.807, 2.05) is 12.1 Å². The number of hydrogen-bond acceptors (Lipinski definition) is 2. The number of fused-ring (bicyclic) bond motifs is 3. The van der Waals surface area contributed by atoms with Crippen molar-refractivity contribution in [2.24, 2.45) is 5.92 Å². The first-order chi connectivity index (χ1) is 11.1. The SMILES string of the molecule is O=C(O)c1ccc2c(c1)C1C=CCC1C(c1ccccc1F)N2. The largest absolute Gasteiger partial charge is 0.478 e. The Kier molecular flexibility index (Phi) is 3.18. The summed E-state index contributed by atoms with van der Waals surface area (Å²) in [6.07, 6.45) is 5.07. The van der Waals surface area contributed by atoms with Gasteiger partial charge in [0.05, 0.1) is 11.6 Å². The third-order valence-electron chi connectivity index (χ3n) is 4.85. The van der Waals surface area contributed by atoms with E-state index in [9.17, 15) is 14.3 Å². The molecule has 2 N–H and O–H groups in total. The number of carbonyl (C=O) groups is 1. The van der Waals surface area contributed by atoms with Crippen molar-refractivity contribution in [1.29, 1.82) is 0 Å². The Morgan fingerprint density at radius 3 is 2.78 bits per heavy atom. The zero-order valence-electron chi connectivity index (χ0n) is 12.4. The van der Waals surface area contributed by atoms with Gasteiger partial charge in [0, 0.05) is 17.2 Å². The van der Waals surface area contributed by atoms with Crippen molar-refractivity contribution in [1.82, 2.24) is 0 Å². The van der Waals surface area contributed by atoms with Gasteiger partial charge in [-0.1, -0.05) is 30.4 Å². The number of nitrogens with one attached hydrogen (secondary N) is 1. The number of aromatic carboxylic acids is 1. The number of halogens is 1. The van der Waals surface area contributed by atoms with Crippen molar-refractivity contribution >= 4 is 11.7 Å². The monoisotopic (exact) mass is 309 g/mol. The lowest BCUT2D eigenvalue weighted by molar-refractivity contribution is 0.0696. The Hall–Kier alpha value is -2.62. The summed E-state index contributed by atoms with van der Waals surface area (Å²) in [6, 6.07) is 11.8. The molecule has 116 valence electrons. The molecule has 3 unspecified atom stereocenters. The van der Waals surface area contributed by atoms with Crippen molar-refractivity contribution in [3.8, 4) is 0 Å². The summed E-state index contributed by atoms with van der Waals surface area (Å²) < 4.78 is 14.2. The average molecular weight is 309 g/mol. The van der Waals surface area contributed by atoms with Crippen LogP contribution in [0.3, 0.4) is 0 Å².